The van der Waals surface area contributed by atoms with Gasteiger partial charge >= 0.3 is 0 Å². The van der Waals surface area contributed by atoms with Crippen LogP contribution in [0.15, 0.2) is 49.8 Å². The van der Waals surface area contributed by atoms with E-state index in [1.165, 1.54) is 0 Å². The van der Waals surface area contributed by atoms with Crippen molar-refractivity contribution < 1.29 is 4.79 Å². The van der Waals surface area contributed by atoms with Crippen LogP contribution >= 0.6 is 12.4 Å². The molecule has 1 aromatic rings. The summed E-state index contributed by atoms with van der Waals surface area (Å²) in [5.41, 5.74) is 1.08. The Bertz CT molecular complexity index is 482. The number of carbonyl (C=O) groups excluding carboxylic acids is 1. The van der Waals surface area contributed by atoms with Gasteiger partial charge in [0.25, 0.3) is 0 Å². The molecular formula is C17H24ClN3O. The second-order valence-electron chi connectivity index (χ2n) is 5.28. The topological polar surface area (TPSA) is 45.2 Å². The number of carbonyl (C=O) groups is 1. The number of nitrogens with one attached hydrogen (secondary N) is 1. The predicted molar refractivity (Wildman–Crippen MR) is 91.9 cm³/mol. The fourth-order valence-corrected chi connectivity index (χ4v) is 2.77. The zero-order chi connectivity index (χ0) is 15.1. The summed E-state index contributed by atoms with van der Waals surface area (Å²) in [4.78, 5) is 19.0. The molecule has 2 rings (SSSR count). The number of nitrogens with zero attached hydrogens (tertiary/aromatic N) is 2. The molecule has 1 unspecified atom stereocenters. The zero-order valence-corrected chi connectivity index (χ0v) is 13.6. The molecule has 0 radical (unpaired) electrons. The zero-order valence-electron chi connectivity index (χ0n) is 12.8. The van der Waals surface area contributed by atoms with Gasteiger partial charge in [0.1, 0.15) is 0 Å². The number of pyridine rings is 1. The summed E-state index contributed by atoms with van der Waals surface area (Å²) >= 11 is 0. The molecule has 1 saturated heterocycles. The highest BCUT2D eigenvalue weighted by molar-refractivity contribution is 5.85. The van der Waals surface area contributed by atoms with Gasteiger partial charge in [-0.05, 0) is 24.5 Å². The van der Waals surface area contributed by atoms with Crippen LogP contribution in [0.5, 0.6) is 0 Å². The van der Waals surface area contributed by atoms with Crippen LogP contribution in [0.2, 0.25) is 0 Å². The first kappa shape index (κ1) is 18.4. The van der Waals surface area contributed by atoms with Gasteiger partial charge in [-0.2, -0.15) is 0 Å². The lowest BCUT2D eigenvalue weighted by molar-refractivity contribution is -0.138. The average molecular weight is 322 g/mol. The van der Waals surface area contributed by atoms with E-state index in [2.05, 4.69) is 23.5 Å². The minimum absolute atomic E-state index is 0. The number of rotatable bonds is 6. The number of allylic oxidation sites excluding steroid dienone is 2. The van der Waals surface area contributed by atoms with Crippen molar-refractivity contribution in [1.29, 1.82) is 0 Å². The van der Waals surface area contributed by atoms with E-state index in [-0.39, 0.29) is 30.3 Å². The fourth-order valence-electron chi connectivity index (χ4n) is 2.77. The lowest BCUT2D eigenvalue weighted by Gasteiger charge is -2.38. The molecule has 4 nitrogen and oxygen atoms in total. The Labute approximate surface area is 138 Å². The third-order valence-corrected chi connectivity index (χ3v) is 3.85. The predicted octanol–water partition coefficient (Wildman–Crippen LogP) is 2.74. The molecule has 1 atom stereocenters. The van der Waals surface area contributed by atoms with E-state index < -0.39 is 0 Å². The number of halogens is 1. The van der Waals surface area contributed by atoms with Crippen molar-refractivity contribution in [2.24, 2.45) is 5.92 Å². The summed E-state index contributed by atoms with van der Waals surface area (Å²) in [6, 6.07) is 4.00. The number of piperazine rings is 1. The molecule has 0 saturated carbocycles. The van der Waals surface area contributed by atoms with Crippen LogP contribution < -0.4 is 5.32 Å². The first-order valence-electron chi connectivity index (χ1n) is 7.40. The Hall–Kier alpha value is -1.65. The van der Waals surface area contributed by atoms with Crippen LogP contribution in [-0.2, 0) is 4.79 Å². The molecule has 5 heteroatoms. The van der Waals surface area contributed by atoms with Crippen LogP contribution in [0.3, 0.4) is 0 Å². The van der Waals surface area contributed by atoms with Gasteiger partial charge in [0, 0.05) is 37.9 Å². The first-order chi connectivity index (χ1) is 10.3. The summed E-state index contributed by atoms with van der Waals surface area (Å²) in [6.45, 7) is 9.85. The number of amides is 1. The molecule has 0 spiro atoms. The highest BCUT2D eigenvalue weighted by Gasteiger charge is 2.31. The van der Waals surface area contributed by atoms with Crippen LogP contribution in [0.1, 0.15) is 24.4 Å². The highest BCUT2D eigenvalue weighted by Crippen LogP contribution is 2.25. The van der Waals surface area contributed by atoms with Crippen LogP contribution in [0.25, 0.3) is 0 Å². The minimum atomic E-state index is -0.0581. The lowest BCUT2D eigenvalue weighted by atomic mass is 9.96. The van der Waals surface area contributed by atoms with E-state index in [0.717, 1.165) is 25.2 Å². The van der Waals surface area contributed by atoms with E-state index in [1.807, 2.05) is 35.4 Å². The summed E-state index contributed by atoms with van der Waals surface area (Å²) < 4.78 is 0. The maximum Gasteiger partial charge on any atom is 0.226 e. The smallest absolute Gasteiger partial charge is 0.226 e. The Morgan fingerprint density at radius 2 is 2.18 bits per heavy atom. The lowest BCUT2D eigenvalue weighted by Crippen LogP contribution is -2.50. The highest BCUT2D eigenvalue weighted by atomic mass is 35.5. The van der Waals surface area contributed by atoms with E-state index in [1.54, 1.807) is 6.20 Å². The van der Waals surface area contributed by atoms with Crippen molar-refractivity contribution in [2.75, 3.05) is 19.6 Å². The maximum atomic E-state index is 12.8. The molecule has 0 aromatic carbocycles. The Morgan fingerprint density at radius 3 is 2.77 bits per heavy atom. The Kier molecular flexibility index (Phi) is 7.85. The maximum absolute atomic E-state index is 12.8. The van der Waals surface area contributed by atoms with Gasteiger partial charge in [0.15, 0.2) is 0 Å². The van der Waals surface area contributed by atoms with Gasteiger partial charge in [0.2, 0.25) is 5.91 Å². The molecule has 22 heavy (non-hydrogen) atoms. The van der Waals surface area contributed by atoms with Gasteiger partial charge < -0.3 is 10.2 Å². The second kappa shape index (κ2) is 9.38. The Morgan fingerprint density at radius 1 is 1.45 bits per heavy atom. The molecule has 1 aromatic heterocycles. The van der Waals surface area contributed by atoms with Gasteiger partial charge in [0.05, 0.1) is 6.04 Å². The third-order valence-electron chi connectivity index (χ3n) is 3.85. The van der Waals surface area contributed by atoms with E-state index in [9.17, 15) is 4.79 Å². The van der Waals surface area contributed by atoms with Gasteiger partial charge in [-0.15, -0.1) is 25.6 Å². The average Bonchev–Trinajstić information content (AvgIpc) is 2.55. The molecule has 0 bridgehead atoms. The standard InChI is InChI=1S/C17H23N3O.ClH/c1-3-6-14(7-4-2)17(21)20-11-10-19-13-16(20)15-8-5-9-18-12-15;/h3-5,8-9,12,14,16,19H,1-2,6-7,10-11,13H2;1H. The van der Waals surface area contributed by atoms with Crippen molar-refractivity contribution in [1.82, 2.24) is 15.2 Å². The molecule has 0 aliphatic carbocycles. The third kappa shape index (κ3) is 4.42. The molecule has 1 fully saturated rings. The van der Waals surface area contributed by atoms with E-state index >= 15 is 0 Å². The summed E-state index contributed by atoms with van der Waals surface area (Å²) in [5.74, 6) is 0.127. The second-order valence-corrected chi connectivity index (χ2v) is 5.28. The summed E-state index contributed by atoms with van der Waals surface area (Å²) in [7, 11) is 0. The van der Waals surface area contributed by atoms with Crippen molar-refractivity contribution in [2.45, 2.75) is 18.9 Å². The molecule has 1 N–H and O–H groups in total. The molecule has 1 aliphatic heterocycles. The SMILES string of the molecule is C=CCC(CC=C)C(=O)N1CCNCC1c1cccnc1.Cl. The molecule has 1 aliphatic rings. The number of hydrogen-bond donors (Lipinski definition) is 1. The largest absolute Gasteiger partial charge is 0.333 e. The van der Waals surface area contributed by atoms with Crippen LogP contribution in [0, 0.1) is 5.92 Å². The van der Waals surface area contributed by atoms with Crippen molar-refractivity contribution in [3.05, 3.63) is 55.4 Å². The minimum Gasteiger partial charge on any atom is -0.333 e. The van der Waals surface area contributed by atoms with Crippen molar-refractivity contribution in [3.8, 4) is 0 Å². The normalized spacial score (nSPS) is 17.7. The van der Waals surface area contributed by atoms with E-state index in [0.29, 0.717) is 12.8 Å². The summed E-state index contributed by atoms with van der Waals surface area (Å²) in [5, 5.41) is 3.36. The Balaban J connectivity index is 0.00000242. The molecule has 2 heterocycles. The fraction of sp³-hybridized carbons (Fsp3) is 0.412. The number of aromatic nitrogens is 1. The van der Waals surface area contributed by atoms with Gasteiger partial charge in [-0.3, -0.25) is 9.78 Å². The van der Waals surface area contributed by atoms with Crippen molar-refractivity contribution >= 4 is 18.3 Å². The van der Waals surface area contributed by atoms with Crippen molar-refractivity contribution in [3.63, 3.8) is 0 Å². The quantitative estimate of drug-likeness (QED) is 0.819. The van der Waals surface area contributed by atoms with Crippen LogP contribution in [-0.4, -0.2) is 35.4 Å². The van der Waals surface area contributed by atoms with Crippen LogP contribution in [0.4, 0.5) is 0 Å². The van der Waals surface area contributed by atoms with Gasteiger partial charge in [-0.1, -0.05) is 18.2 Å². The first-order valence-corrected chi connectivity index (χ1v) is 7.40. The van der Waals surface area contributed by atoms with E-state index in [4.69, 9.17) is 0 Å². The molecular weight excluding hydrogens is 298 g/mol. The summed E-state index contributed by atoms with van der Waals surface area (Å²) in [6.07, 6.45) is 8.60. The monoisotopic (exact) mass is 321 g/mol. The molecule has 1 amide bonds. The number of hydrogen-bond acceptors (Lipinski definition) is 3. The van der Waals surface area contributed by atoms with Gasteiger partial charge in [-0.25, -0.2) is 0 Å². The molecule has 120 valence electrons.